The zero-order valence-corrected chi connectivity index (χ0v) is 9.37. The first kappa shape index (κ1) is 13.0. The van der Waals surface area contributed by atoms with Crippen molar-refractivity contribution in [2.75, 3.05) is 33.8 Å². The summed E-state index contributed by atoms with van der Waals surface area (Å²) in [5.41, 5.74) is 0. The fourth-order valence-electron chi connectivity index (χ4n) is 0.713. The summed E-state index contributed by atoms with van der Waals surface area (Å²) in [6.07, 6.45) is -0.400. The molecule has 2 amide bonds. The number of nitrogens with zero attached hydrogens (tertiary/aromatic N) is 2. The van der Waals surface area contributed by atoms with Crippen LogP contribution in [0.3, 0.4) is 0 Å². The van der Waals surface area contributed by atoms with E-state index in [9.17, 15) is 9.59 Å². The highest BCUT2D eigenvalue weighted by Gasteiger charge is 2.11. The fraction of sp³-hybridized carbons (Fsp3) is 0.750. The van der Waals surface area contributed by atoms with Crippen LogP contribution >= 0.6 is 11.6 Å². The number of rotatable bonds is 4. The number of carbonyl (C=O) groups is 2. The third kappa shape index (κ3) is 4.91. The molecule has 5 nitrogen and oxygen atoms in total. The fourth-order valence-corrected chi connectivity index (χ4v) is 0.797. The molecular weight excluding hydrogens is 208 g/mol. The van der Waals surface area contributed by atoms with Gasteiger partial charge in [0.2, 0.25) is 0 Å². The molecule has 0 spiro atoms. The van der Waals surface area contributed by atoms with Gasteiger partial charge in [0, 0.05) is 27.2 Å². The molecule has 0 saturated carbocycles. The van der Waals surface area contributed by atoms with Crippen molar-refractivity contribution in [3.05, 3.63) is 0 Å². The van der Waals surface area contributed by atoms with E-state index >= 15 is 0 Å². The Morgan fingerprint density at radius 1 is 1.21 bits per heavy atom. The lowest BCUT2D eigenvalue weighted by Crippen LogP contribution is -2.35. The second kappa shape index (κ2) is 6.48. The number of amides is 2. The normalized spacial score (nSPS) is 9.43. The standard InChI is InChI=1S/C8H15ClN2O3/c1-4-14-8(13)11(3)6-5-10(2)7(9)12/h4-6H2,1-3H3. The quantitative estimate of drug-likeness (QED) is 0.533. The minimum absolute atomic E-state index is 0.341. The van der Waals surface area contributed by atoms with E-state index in [0.29, 0.717) is 19.7 Å². The van der Waals surface area contributed by atoms with Crippen molar-refractivity contribution in [1.82, 2.24) is 9.80 Å². The van der Waals surface area contributed by atoms with Crippen LogP contribution in [0, 0.1) is 0 Å². The van der Waals surface area contributed by atoms with E-state index in [-0.39, 0.29) is 0 Å². The number of halogens is 1. The first-order valence-corrected chi connectivity index (χ1v) is 4.65. The van der Waals surface area contributed by atoms with Crippen molar-refractivity contribution >= 4 is 23.1 Å². The van der Waals surface area contributed by atoms with Gasteiger partial charge in [0.25, 0.3) is 0 Å². The van der Waals surface area contributed by atoms with Crippen molar-refractivity contribution in [2.45, 2.75) is 6.92 Å². The Morgan fingerprint density at radius 3 is 2.14 bits per heavy atom. The van der Waals surface area contributed by atoms with E-state index in [4.69, 9.17) is 16.3 Å². The van der Waals surface area contributed by atoms with Crippen molar-refractivity contribution in [1.29, 1.82) is 0 Å². The van der Waals surface area contributed by atoms with Gasteiger partial charge in [-0.15, -0.1) is 0 Å². The average Bonchev–Trinajstić information content (AvgIpc) is 2.13. The Balaban J connectivity index is 3.78. The van der Waals surface area contributed by atoms with Crippen LogP contribution in [-0.2, 0) is 4.74 Å². The van der Waals surface area contributed by atoms with Crippen LogP contribution in [-0.4, -0.2) is 55.1 Å². The summed E-state index contributed by atoms with van der Waals surface area (Å²) in [4.78, 5) is 24.4. The van der Waals surface area contributed by atoms with Gasteiger partial charge in [-0.1, -0.05) is 0 Å². The molecule has 0 aliphatic rings. The van der Waals surface area contributed by atoms with E-state index in [1.54, 1.807) is 21.0 Å². The Hall–Kier alpha value is -0.970. The lowest BCUT2D eigenvalue weighted by atomic mass is 10.5. The summed E-state index contributed by atoms with van der Waals surface area (Å²) in [6, 6.07) is 0. The SMILES string of the molecule is CCOC(=O)N(C)CCN(C)C(=O)Cl. The van der Waals surface area contributed by atoms with Crippen LogP contribution in [0.25, 0.3) is 0 Å². The van der Waals surface area contributed by atoms with Gasteiger partial charge in [-0.3, -0.25) is 4.79 Å². The Kier molecular flexibility index (Phi) is 6.03. The molecule has 0 rings (SSSR count). The number of carbonyl (C=O) groups excluding carboxylic acids is 2. The monoisotopic (exact) mass is 222 g/mol. The maximum absolute atomic E-state index is 11.1. The lowest BCUT2D eigenvalue weighted by molar-refractivity contribution is 0.114. The molecule has 0 aromatic heterocycles. The predicted octanol–water partition coefficient (Wildman–Crippen LogP) is 1.37. The highest BCUT2D eigenvalue weighted by Crippen LogP contribution is 1.94. The van der Waals surface area contributed by atoms with Gasteiger partial charge in [-0.25, -0.2) is 4.79 Å². The molecule has 0 aliphatic heterocycles. The Labute approximate surface area is 88.6 Å². The minimum Gasteiger partial charge on any atom is -0.450 e. The summed E-state index contributed by atoms with van der Waals surface area (Å²) < 4.78 is 4.75. The Bertz CT molecular complexity index is 211. The molecule has 82 valence electrons. The van der Waals surface area contributed by atoms with E-state index in [2.05, 4.69) is 0 Å². The number of ether oxygens (including phenoxy) is 1. The molecule has 14 heavy (non-hydrogen) atoms. The summed E-state index contributed by atoms with van der Waals surface area (Å²) >= 11 is 5.20. The molecule has 0 bridgehead atoms. The van der Waals surface area contributed by atoms with Gasteiger partial charge in [0.1, 0.15) is 0 Å². The largest absolute Gasteiger partial charge is 0.450 e. The van der Waals surface area contributed by atoms with Crippen LogP contribution in [0.2, 0.25) is 0 Å². The second-order valence-electron chi connectivity index (χ2n) is 2.79. The average molecular weight is 223 g/mol. The molecule has 0 N–H and O–H groups in total. The smallest absolute Gasteiger partial charge is 0.409 e. The van der Waals surface area contributed by atoms with Crippen LogP contribution in [0.15, 0.2) is 0 Å². The van der Waals surface area contributed by atoms with Gasteiger partial charge in [-0.05, 0) is 18.5 Å². The first-order chi connectivity index (χ1) is 6.49. The van der Waals surface area contributed by atoms with Crippen LogP contribution in [0.4, 0.5) is 9.59 Å². The van der Waals surface area contributed by atoms with Crippen LogP contribution in [0.5, 0.6) is 0 Å². The van der Waals surface area contributed by atoms with Crippen molar-refractivity contribution in [3.8, 4) is 0 Å². The highest BCUT2D eigenvalue weighted by molar-refractivity contribution is 6.62. The summed E-state index contributed by atoms with van der Waals surface area (Å²) in [7, 11) is 3.17. The van der Waals surface area contributed by atoms with Crippen molar-refractivity contribution in [2.24, 2.45) is 0 Å². The Morgan fingerprint density at radius 2 is 1.71 bits per heavy atom. The molecule has 0 fully saturated rings. The van der Waals surface area contributed by atoms with Gasteiger partial charge in [0.05, 0.1) is 6.61 Å². The van der Waals surface area contributed by atoms with Crippen molar-refractivity contribution < 1.29 is 14.3 Å². The molecule has 0 radical (unpaired) electrons. The zero-order chi connectivity index (χ0) is 11.1. The zero-order valence-electron chi connectivity index (χ0n) is 8.62. The number of hydrogen-bond acceptors (Lipinski definition) is 3. The molecule has 0 heterocycles. The van der Waals surface area contributed by atoms with Gasteiger partial charge >= 0.3 is 11.5 Å². The molecular formula is C8H15ClN2O3. The lowest BCUT2D eigenvalue weighted by Gasteiger charge is -2.19. The molecule has 0 aliphatic carbocycles. The number of hydrogen-bond donors (Lipinski definition) is 0. The first-order valence-electron chi connectivity index (χ1n) is 4.27. The van der Waals surface area contributed by atoms with E-state index < -0.39 is 11.5 Å². The highest BCUT2D eigenvalue weighted by atomic mass is 35.5. The molecule has 0 atom stereocenters. The molecule has 0 aromatic carbocycles. The summed E-state index contributed by atoms with van der Waals surface area (Å²) in [6.45, 7) is 2.86. The van der Waals surface area contributed by atoms with Gasteiger partial charge < -0.3 is 14.5 Å². The van der Waals surface area contributed by atoms with Gasteiger partial charge in [0.15, 0.2) is 0 Å². The minimum atomic E-state index is -0.540. The van der Waals surface area contributed by atoms with Crippen LogP contribution in [0.1, 0.15) is 6.92 Å². The van der Waals surface area contributed by atoms with Crippen molar-refractivity contribution in [3.63, 3.8) is 0 Å². The van der Waals surface area contributed by atoms with Gasteiger partial charge in [-0.2, -0.15) is 0 Å². The maximum Gasteiger partial charge on any atom is 0.409 e. The van der Waals surface area contributed by atoms with E-state index in [1.165, 1.54) is 9.80 Å². The van der Waals surface area contributed by atoms with Crippen LogP contribution < -0.4 is 0 Å². The molecule has 0 aromatic rings. The summed E-state index contributed by atoms with van der Waals surface area (Å²) in [5, 5.41) is -0.540. The maximum atomic E-state index is 11.1. The third-order valence-corrected chi connectivity index (χ3v) is 1.94. The van der Waals surface area contributed by atoms with E-state index in [0.717, 1.165) is 0 Å². The topological polar surface area (TPSA) is 49.9 Å². The van der Waals surface area contributed by atoms with E-state index in [1.807, 2.05) is 0 Å². The second-order valence-corrected chi connectivity index (χ2v) is 3.12. The third-order valence-electron chi connectivity index (χ3n) is 1.65. The predicted molar refractivity (Wildman–Crippen MR) is 53.5 cm³/mol. The number of likely N-dealkylation sites (N-methyl/N-ethyl adjacent to an activating group) is 2. The molecule has 0 unspecified atom stereocenters. The molecule has 0 saturated heterocycles. The summed E-state index contributed by atoms with van der Waals surface area (Å²) in [5.74, 6) is 0. The molecule has 6 heteroatoms.